The summed E-state index contributed by atoms with van der Waals surface area (Å²) in [5.41, 5.74) is 0.378. The summed E-state index contributed by atoms with van der Waals surface area (Å²) in [6.45, 7) is 6.86. The number of hydrogen-bond acceptors (Lipinski definition) is 7. The minimum atomic E-state index is -0.694. The number of carbonyl (C=O) groups is 2. The van der Waals surface area contributed by atoms with E-state index in [2.05, 4.69) is 18.7 Å². The first-order valence-corrected chi connectivity index (χ1v) is 11.1. The SMILES string of the molecule is CCN(CC)CCN1C(=O)C(=O)/C(=C(\O)c2cc(OC)ccc2OC)C1c1cccs1. The van der Waals surface area contributed by atoms with Gasteiger partial charge in [-0.3, -0.25) is 9.59 Å². The van der Waals surface area contributed by atoms with Crippen LogP contribution < -0.4 is 9.47 Å². The number of rotatable bonds is 9. The monoisotopic (exact) mass is 444 g/mol. The normalized spacial score (nSPS) is 18.1. The predicted octanol–water partition coefficient (Wildman–Crippen LogP) is 3.53. The lowest BCUT2D eigenvalue weighted by Crippen LogP contribution is -2.37. The molecule has 0 bridgehead atoms. The minimum Gasteiger partial charge on any atom is -0.507 e. The summed E-state index contributed by atoms with van der Waals surface area (Å²) >= 11 is 1.45. The maximum Gasteiger partial charge on any atom is 0.295 e. The van der Waals surface area contributed by atoms with Crippen LogP contribution in [0.2, 0.25) is 0 Å². The van der Waals surface area contributed by atoms with Crippen molar-refractivity contribution in [1.29, 1.82) is 0 Å². The highest BCUT2D eigenvalue weighted by atomic mass is 32.1. The summed E-state index contributed by atoms with van der Waals surface area (Å²) in [4.78, 5) is 30.6. The van der Waals surface area contributed by atoms with Crippen molar-refractivity contribution >= 4 is 28.8 Å². The zero-order valence-corrected chi connectivity index (χ0v) is 19.1. The summed E-state index contributed by atoms with van der Waals surface area (Å²) in [6.07, 6.45) is 0. The molecule has 1 aliphatic rings. The van der Waals surface area contributed by atoms with E-state index in [-0.39, 0.29) is 11.3 Å². The number of amides is 1. The lowest BCUT2D eigenvalue weighted by Gasteiger charge is -2.27. The van der Waals surface area contributed by atoms with Gasteiger partial charge >= 0.3 is 0 Å². The summed E-state index contributed by atoms with van der Waals surface area (Å²) in [5, 5.41) is 13.1. The summed E-state index contributed by atoms with van der Waals surface area (Å²) < 4.78 is 10.7. The lowest BCUT2D eigenvalue weighted by atomic mass is 9.99. The van der Waals surface area contributed by atoms with Gasteiger partial charge in [-0.15, -0.1) is 11.3 Å². The second kappa shape index (κ2) is 9.98. The molecule has 0 saturated carbocycles. The molecule has 7 nitrogen and oxygen atoms in total. The number of methoxy groups -OCH3 is 2. The van der Waals surface area contributed by atoms with Gasteiger partial charge in [-0.1, -0.05) is 19.9 Å². The van der Waals surface area contributed by atoms with Gasteiger partial charge in [-0.25, -0.2) is 0 Å². The van der Waals surface area contributed by atoms with Gasteiger partial charge in [0, 0.05) is 18.0 Å². The van der Waals surface area contributed by atoms with Crippen LogP contribution in [-0.2, 0) is 9.59 Å². The van der Waals surface area contributed by atoms with Crippen molar-refractivity contribution in [1.82, 2.24) is 9.80 Å². The minimum absolute atomic E-state index is 0.0681. The number of thiophene rings is 1. The Morgan fingerprint density at radius 2 is 1.90 bits per heavy atom. The Kier molecular flexibility index (Phi) is 7.35. The fourth-order valence-corrected chi connectivity index (χ4v) is 4.63. The number of Topliss-reactive ketones (excluding diaryl/α,β-unsaturated/α-hetero) is 1. The largest absolute Gasteiger partial charge is 0.507 e. The maximum atomic E-state index is 13.1. The quantitative estimate of drug-likeness (QED) is 0.362. The van der Waals surface area contributed by atoms with Gasteiger partial charge in [0.25, 0.3) is 11.7 Å². The third kappa shape index (κ3) is 4.45. The van der Waals surface area contributed by atoms with E-state index >= 15 is 0 Å². The zero-order valence-electron chi connectivity index (χ0n) is 18.3. The van der Waals surface area contributed by atoms with Gasteiger partial charge in [-0.2, -0.15) is 0 Å². The molecule has 2 heterocycles. The Morgan fingerprint density at radius 1 is 1.16 bits per heavy atom. The number of nitrogens with zero attached hydrogens (tertiary/aromatic N) is 2. The lowest BCUT2D eigenvalue weighted by molar-refractivity contribution is -0.140. The fraction of sp³-hybridized carbons (Fsp3) is 0.391. The number of benzene rings is 1. The van der Waals surface area contributed by atoms with Crippen LogP contribution in [0.1, 0.15) is 30.3 Å². The van der Waals surface area contributed by atoms with Crippen molar-refractivity contribution < 1.29 is 24.2 Å². The zero-order chi connectivity index (χ0) is 22.5. The smallest absolute Gasteiger partial charge is 0.295 e. The van der Waals surface area contributed by atoms with Crippen LogP contribution in [-0.4, -0.2) is 67.0 Å². The van der Waals surface area contributed by atoms with Gasteiger partial charge in [0.1, 0.15) is 17.3 Å². The van der Waals surface area contributed by atoms with Gasteiger partial charge < -0.3 is 24.4 Å². The van der Waals surface area contributed by atoms with Crippen LogP contribution in [0.15, 0.2) is 41.3 Å². The first kappa shape index (κ1) is 22.8. The van der Waals surface area contributed by atoms with Crippen LogP contribution in [0, 0.1) is 0 Å². The Balaban J connectivity index is 2.11. The molecule has 1 aliphatic heterocycles. The van der Waals surface area contributed by atoms with Gasteiger partial charge in [0.15, 0.2) is 0 Å². The Labute approximate surface area is 186 Å². The van der Waals surface area contributed by atoms with Gasteiger partial charge in [-0.05, 0) is 42.7 Å². The van der Waals surface area contributed by atoms with E-state index < -0.39 is 17.7 Å². The molecule has 2 aromatic rings. The first-order chi connectivity index (χ1) is 15.0. The molecule has 1 atom stereocenters. The molecule has 1 amide bonds. The van der Waals surface area contributed by atoms with Crippen molar-refractivity contribution in [2.75, 3.05) is 40.4 Å². The van der Waals surface area contributed by atoms with E-state index in [1.165, 1.54) is 25.6 Å². The molecule has 1 fully saturated rings. The van der Waals surface area contributed by atoms with E-state index in [9.17, 15) is 14.7 Å². The third-order valence-corrected chi connectivity index (χ3v) is 6.49. The fourth-order valence-electron chi connectivity index (χ4n) is 3.79. The van der Waals surface area contributed by atoms with E-state index in [0.717, 1.165) is 18.0 Å². The van der Waals surface area contributed by atoms with Crippen LogP contribution in [0.25, 0.3) is 5.76 Å². The number of hydrogen-bond donors (Lipinski definition) is 1. The van der Waals surface area contributed by atoms with E-state index in [1.807, 2.05) is 17.5 Å². The van der Waals surface area contributed by atoms with Gasteiger partial charge in [0.05, 0.1) is 31.4 Å². The molecule has 0 spiro atoms. The van der Waals surface area contributed by atoms with E-state index in [4.69, 9.17) is 9.47 Å². The topological polar surface area (TPSA) is 79.3 Å². The number of ketones is 1. The number of likely N-dealkylation sites (N-methyl/N-ethyl adjacent to an activating group) is 1. The van der Waals surface area contributed by atoms with Crippen LogP contribution in [0.3, 0.4) is 0 Å². The molecule has 1 aromatic heterocycles. The number of ether oxygens (including phenoxy) is 2. The maximum absolute atomic E-state index is 13.1. The average Bonchev–Trinajstić information content (AvgIpc) is 3.41. The van der Waals surface area contributed by atoms with E-state index in [0.29, 0.717) is 30.2 Å². The van der Waals surface area contributed by atoms with Crippen molar-refractivity contribution in [3.63, 3.8) is 0 Å². The molecule has 1 unspecified atom stereocenters. The number of aliphatic hydroxyl groups excluding tert-OH is 1. The molecule has 0 aliphatic carbocycles. The van der Waals surface area contributed by atoms with Gasteiger partial charge in [0.2, 0.25) is 0 Å². The second-order valence-electron chi connectivity index (χ2n) is 7.10. The highest BCUT2D eigenvalue weighted by molar-refractivity contribution is 7.10. The molecule has 3 rings (SSSR count). The van der Waals surface area contributed by atoms with Crippen molar-refractivity contribution in [2.24, 2.45) is 0 Å². The molecule has 1 N–H and O–H groups in total. The Hall–Kier alpha value is -2.84. The Morgan fingerprint density at radius 3 is 2.48 bits per heavy atom. The summed E-state index contributed by atoms with van der Waals surface area (Å²) in [6, 6.07) is 8.06. The van der Waals surface area contributed by atoms with Crippen molar-refractivity contribution in [3.8, 4) is 11.5 Å². The number of likely N-dealkylation sites (tertiary alicyclic amines) is 1. The molecular formula is C23H28N2O5S. The first-order valence-electron chi connectivity index (χ1n) is 10.2. The Bertz CT molecular complexity index is 966. The summed E-state index contributed by atoms with van der Waals surface area (Å²) in [7, 11) is 3.00. The van der Waals surface area contributed by atoms with Crippen LogP contribution in [0.4, 0.5) is 0 Å². The second-order valence-corrected chi connectivity index (χ2v) is 8.08. The number of aliphatic hydroxyl groups is 1. The molecule has 0 radical (unpaired) electrons. The van der Waals surface area contributed by atoms with Crippen molar-refractivity contribution in [3.05, 3.63) is 51.7 Å². The molecule has 1 saturated heterocycles. The molecular weight excluding hydrogens is 416 g/mol. The molecule has 8 heteroatoms. The average molecular weight is 445 g/mol. The predicted molar refractivity (Wildman–Crippen MR) is 121 cm³/mol. The molecule has 1 aromatic carbocycles. The number of carbonyl (C=O) groups excluding carboxylic acids is 2. The highest BCUT2D eigenvalue weighted by Gasteiger charge is 2.46. The molecule has 31 heavy (non-hydrogen) atoms. The highest BCUT2D eigenvalue weighted by Crippen LogP contribution is 2.42. The van der Waals surface area contributed by atoms with E-state index in [1.54, 1.807) is 23.1 Å². The van der Waals surface area contributed by atoms with Crippen molar-refractivity contribution in [2.45, 2.75) is 19.9 Å². The molecule has 166 valence electrons. The van der Waals surface area contributed by atoms with Crippen LogP contribution in [0.5, 0.6) is 11.5 Å². The summed E-state index contributed by atoms with van der Waals surface area (Å²) in [5.74, 6) is -0.671. The third-order valence-electron chi connectivity index (χ3n) is 5.57. The standard InChI is InChI=1S/C23H28N2O5S/c1-5-24(6-2)11-12-25-20(18-8-7-13-31-18)19(22(27)23(25)28)21(26)16-14-15(29-3)9-10-17(16)30-4/h7-10,13-14,20,26H,5-6,11-12H2,1-4H3/b21-19-. The van der Waals surface area contributed by atoms with Crippen LogP contribution >= 0.6 is 11.3 Å².